The highest BCUT2D eigenvalue weighted by Crippen LogP contribution is 2.18. The van der Waals surface area contributed by atoms with Crippen molar-refractivity contribution in [3.05, 3.63) is 0 Å². The molecule has 0 unspecified atom stereocenters. The second-order valence-corrected chi connectivity index (χ2v) is 3.83. The molecule has 0 rings (SSSR count). The van der Waals surface area contributed by atoms with E-state index in [4.69, 9.17) is 5.73 Å². The number of carbonyl (C=O) groups excluding carboxylic acids is 1. The first-order chi connectivity index (χ1) is 4.89. The third kappa shape index (κ3) is 3.98. The summed E-state index contributed by atoms with van der Waals surface area (Å²) in [5.41, 5.74) is 5.42. The maximum Gasteiger partial charge on any atom is 0.222 e. The van der Waals surface area contributed by atoms with Gasteiger partial charge in [-0.15, -0.1) is 0 Å². The Morgan fingerprint density at radius 2 is 1.91 bits per heavy atom. The fourth-order valence-corrected chi connectivity index (χ4v) is 0.640. The molecule has 0 atom stereocenters. The average molecular weight is 158 g/mol. The minimum Gasteiger partial charge on any atom is -0.349 e. The van der Waals surface area contributed by atoms with Crippen molar-refractivity contribution in [3.63, 3.8) is 0 Å². The van der Waals surface area contributed by atoms with Gasteiger partial charge in [0, 0.05) is 20.5 Å². The van der Waals surface area contributed by atoms with E-state index in [1.807, 2.05) is 13.8 Å². The Labute approximate surface area is 68.6 Å². The lowest BCUT2D eigenvalue weighted by Gasteiger charge is -2.23. The molecule has 0 bridgehead atoms. The van der Waals surface area contributed by atoms with Gasteiger partial charge in [0.15, 0.2) is 0 Å². The molecule has 0 radical (unpaired) electrons. The van der Waals surface area contributed by atoms with Gasteiger partial charge in [0.1, 0.15) is 0 Å². The number of hydrogen-bond donors (Lipinski definition) is 1. The second kappa shape index (κ2) is 3.72. The highest BCUT2D eigenvalue weighted by atomic mass is 16.2. The average Bonchev–Trinajstić information content (AvgIpc) is 1.87. The van der Waals surface area contributed by atoms with Gasteiger partial charge < -0.3 is 10.6 Å². The number of nitrogens with zero attached hydrogens (tertiary/aromatic N) is 1. The molecule has 0 aromatic heterocycles. The van der Waals surface area contributed by atoms with Gasteiger partial charge in [-0.1, -0.05) is 13.8 Å². The van der Waals surface area contributed by atoms with Crippen molar-refractivity contribution in [2.24, 2.45) is 11.1 Å². The number of hydrogen-bond acceptors (Lipinski definition) is 2. The van der Waals surface area contributed by atoms with Gasteiger partial charge in [0.05, 0.1) is 0 Å². The number of amides is 1. The van der Waals surface area contributed by atoms with Crippen molar-refractivity contribution in [3.8, 4) is 0 Å². The molecular weight excluding hydrogens is 140 g/mol. The van der Waals surface area contributed by atoms with Crippen LogP contribution in [-0.4, -0.2) is 31.4 Å². The lowest BCUT2D eigenvalue weighted by Crippen LogP contribution is -2.32. The second-order valence-electron chi connectivity index (χ2n) is 3.83. The third-order valence-corrected chi connectivity index (χ3v) is 1.68. The molecule has 0 aliphatic rings. The Morgan fingerprint density at radius 1 is 1.45 bits per heavy atom. The first-order valence-corrected chi connectivity index (χ1v) is 3.79. The van der Waals surface area contributed by atoms with E-state index in [1.165, 1.54) is 0 Å². The molecule has 66 valence electrons. The Bertz CT molecular complexity index is 141. The van der Waals surface area contributed by atoms with Gasteiger partial charge >= 0.3 is 0 Å². The van der Waals surface area contributed by atoms with Crippen molar-refractivity contribution in [2.75, 3.05) is 20.6 Å². The summed E-state index contributed by atoms with van der Waals surface area (Å²) >= 11 is 0. The van der Waals surface area contributed by atoms with E-state index in [0.717, 1.165) is 0 Å². The van der Waals surface area contributed by atoms with Crippen LogP contribution >= 0.6 is 0 Å². The minimum atomic E-state index is -0.0681. The molecule has 1 amide bonds. The lowest BCUT2D eigenvalue weighted by molar-refractivity contribution is -0.130. The standard InChI is InChI=1S/C8H18N2O/c1-8(2,6-9)5-7(11)10(3)4/h5-6,9H2,1-4H3. The Hall–Kier alpha value is -0.570. The normalized spacial score (nSPS) is 11.4. The molecular formula is C8H18N2O. The van der Waals surface area contributed by atoms with Crippen molar-refractivity contribution in [1.82, 2.24) is 4.90 Å². The molecule has 0 fully saturated rings. The van der Waals surface area contributed by atoms with Gasteiger partial charge in [-0.3, -0.25) is 4.79 Å². The third-order valence-electron chi connectivity index (χ3n) is 1.68. The Balaban J connectivity index is 3.94. The summed E-state index contributed by atoms with van der Waals surface area (Å²) in [7, 11) is 3.52. The predicted molar refractivity (Wildman–Crippen MR) is 46.1 cm³/mol. The summed E-state index contributed by atoms with van der Waals surface area (Å²) in [6, 6.07) is 0. The first-order valence-electron chi connectivity index (χ1n) is 3.79. The van der Waals surface area contributed by atoms with Crippen LogP contribution in [0, 0.1) is 5.41 Å². The number of rotatable bonds is 3. The quantitative estimate of drug-likeness (QED) is 0.648. The molecule has 0 aliphatic carbocycles. The molecule has 0 spiro atoms. The molecule has 0 aromatic rings. The fraction of sp³-hybridized carbons (Fsp3) is 0.875. The first kappa shape index (κ1) is 10.4. The molecule has 2 N–H and O–H groups in total. The zero-order valence-electron chi connectivity index (χ0n) is 7.85. The molecule has 0 aliphatic heterocycles. The number of nitrogens with two attached hydrogens (primary N) is 1. The van der Waals surface area contributed by atoms with Gasteiger partial charge in [0.25, 0.3) is 0 Å². The van der Waals surface area contributed by atoms with Crippen molar-refractivity contribution in [1.29, 1.82) is 0 Å². The zero-order chi connectivity index (χ0) is 9.07. The van der Waals surface area contributed by atoms with Crippen LogP contribution in [0.1, 0.15) is 20.3 Å². The molecule has 0 heterocycles. The van der Waals surface area contributed by atoms with Crippen LogP contribution in [0.25, 0.3) is 0 Å². The van der Waals surface area contributed by atoms with E-state index >= 15 is 0 Å². The van der Waals surface area contributed by atoms with Crippen LogP contribution < -0.4 is 5.73 Å². The summed E-state index contributed by atoms with van der Waals surface area (Å²) in [5.74, 6) is 0.139. The summed E-state index contributed by atoms with van der Waals surface area (Å²) in [5, 5.41) is 0. The highest BCUT2D eigenvalue weighted by molar-refractivity contribution is 5.76. The van der Waals surface area contributed by atoms with E-state index in [9.17, 15) is 4.79 Å². The Kier molecular flexibility index (Phi) is 3.52. The fourth-order valence-electron chi connectivity index (χ4n) is 0.640. The Morgan fingerprint density at radius 3 is 2.18 bits per heavy atom. The topological polar surface area (TPSA) is 46.3 Å². The molecule has 11 heavy (non-hydrogen) atoms. The SMILES string of the molecule is CN(C)C(=O)CC(C)(C)CN. The van der Waals surface area contributed by atoms with E-state index < -0.39 is 0 Å². The van der Waals surface area contributed by atoms with E-state index in [1.54, 1.807) is 19.0 Å². The van der Waals surface area contributed by atoms with E-state index in [2.05, 4.69) is 0 Å². The molecule has 3 heteroatoms. The largest absolute Gasteiger partial charge is 0.349 e. The summed E-state index contributed by atoms with van der Waals surface area (Å²) in [6.07, 6.45) is 0.524. The van der Waals surface area contributed by atoms with Crippen LogP contribution in [0.5, 0.6) is 0 Å². The van der Waals surface area contributed by atoms with Gasteiger partial charge in [0.2, 0.25) is 5.91 Å². The van der Waals surface area contributed by atoms with Crippen LogP contribution in [0.3, 0.4) is 0 Å². The van der Waals surface area contributed by atoms with Gasteiger partial charge in [-0.05, 0) is 12.0 Å². The van der Waals surface area contributed by atoms with Gasteiger partial charge in [-0.2, -0.15) is 0 Å². The molecule has 3 nitrogen and oxygen atoms in total. The minimum absolute atomic E-state index is 0.0681. The summed E-state index contributed by atoms with van der Waals surface area (Å²) in [4.78, 5) is 12.8. The molecule has 0 aromatic carbocycles. The predicted octanol–water partition coefficient (Wildman–Crippen LogP) is 0.450. The van der Waals surface area contributed by atoms with Crippen molar-refractivity contribution in [2.45, 2.75) is 20.3 Å². The lowest BCUT2D eigenvalue weighted by atomic mass is 9.89. The smallest absolute Gasteiger partial charge is 0.222 e. The summed E-state index contributed by atoms with van der Waals surface area (Å²) < 4.78 is 0. The zero-order valence-corrected chi connectivity index (χ0v) is 7.85. The van der Waals surface area contributed by atoms with E-state index in [-0.39, 0.29) is 11.3 Å². The number of carbonyl (C=O) groups is 1. The van der Waals surface area contributed by atoms with Crippen LogP contribution in [-0.2, 0) is 4.79 Å². The van der Waals surface area contributed by atoms with Gasteiger partial charge in [-0.25, -0.2) is 0 Å². The van der Waals surface area contributed by atoms with Crippen LogP contribution in [0.2, 0.25) is 0 Å². The molecule has 0 saturated heterocycles. The van der Waals surface area contributed by atoms with Crippen LogP contribution in [0.15, 0.2) is 0 Å². The maximum atomic E-state index is 11.2. The summed E-state index contributed by atoms with van der Waals surface area (Å²) in [6.45, 7) is 4.54. The highest BCUT2D eigenvalue weighted by Gasteiger charge is 2.20. The molecule has 0 saturated carbocycles. The van der Waals surface area contributed by atoms with Crippen molar-refractivity contribution >= 4 is 5.91 Å². The van der Waals surface area contributed by atoms with Crippen molar-refractivity contribution < 1.29 is 4.79 Å². The monoisotopic (exact) mass is 158 g/mol. The van der Waals surface area contributed by atoms with E-state index in [0.29, 0.717) is 13.0 Å². The van der Waals surface area contributed by atoms with Crippen LogP contribution in [0.4, 0.5) is 0 Å². The maximum absolute atomic E-state index is 11.2.